The maximum atomic E-state index is 12.9. The summed E-state index contributed by atoms with van der Waals surface area (Å²) in [7, 11) is -0.283. The number of halogens is 1. The van der Waals surface area contributed by atoms with E-state index < -0.39 is 21.5 Å². The molecule has 1 aromatic carbocycles. The van der Waals surface area contributed by atoms with Crippen molar-refractivity contribution in [2.45, 2.75) is 29.8 Å². The summed E-state index contributed by atoms with van der Waals surface area (Å²) in [5.74, 6) is 0.497. The molecule has 4 rings (SSSR count). The highest BCUT2D eigenvalue weighted by Crippen LogP contribution is 2.42. The molecule has 37 heavy (non-hydrogen) atoms. The lowest BCUT2D eigenvalue weighted by Crippen LogP contribution is -2.49. The van der Waals surface area contributed by atoms with Crippen LogP contribution in [0.1, 0.15) is 29.6 Å². The van der Waals surface area contributed by atoms with Gasteiger partial charge in [0.1, 0.15) is 22.0 Å². The summed E-state index contributed by atoms with van der Waals surface area (Å²) in [5, 5.41) is 11.3. The first-order chi connectivity index (χ1) is 17.7. The Morgan fingerprint density at radius 1 is 1.24 bits per heavy atom. The van der Waals surface area contributed by atoms with E-state index in [1.165, 1.54) is 28.7 Å². The molecule has 1 aromatic heterocycles. The average Bonchev–Trinajstić information content (AvgIpc) is 3.56. The molecule has 1 saturated carbocycles. The van der Waals surface area contributed by atoms with E-state index in [0.717, 1.165) is 19.3 Å². The van der Waals surface area contributed by atoms with Gasteiger partial charge >= 0.3 is 5.91 Å². The maximum Gasteiger partial charge on any atom is 0.339 e. The molecule has 1 amide bonds. The smallest absolute Gasteiger partial charge is 0.339 e. The zero-order valence-electron chi connectivity index (χ0n) is 20.5. The fourth-order valence-corrected chi connectivity index (χ4v) is 5.65. The monoisotopic (exact) mass is 594 g/mol. The third kappa shape index (κ3) is 6.47. The predicted molar refractivity (Wildman–Crippen MR) is 139 cm³/mol. The topological polar surface area (TPSA) is 145 Å². The number of nitrogens with zero attached hydrogens (tertiary/aromatic N) is 2. The van der Waals surface area contributed by atoms with E-state index in [2.05, 4.69) is 31.5 Å². The molecular formula is C24H29BrN5O6S+. The number of nitrogens with one attached hydrogen (secondary N) is 2. The van der Waals surface area contributed by atoms with E-state index in [9.17, 15) is 13.2 Å². The summed E-state index contributed by atoms with van der Waals surface area (Å²) in [6, 6.07) is 6.20. The molecule has 198 valence electrons. The number of ether oxygens (including phenoxy) is 3. The normalized spacial score (nSPS) is 16.6. The molecule has 1 aliphatic carbocycles. The van der Waals surface area contributed by atoms with Crippen LogP contribution in [0.15, 0.2) is 52.1 Å². The molecular weight excluding hydrogens is 566 g/mol. The first-order valence-electron chi connectivity index (χ1n) is 11.6. The van der Waals surface area contributed by atoms with Gasteiger partial charge in [0.05, 0.1) is 22.8 Å². The van der Waals surface area contributed by atoms with Crippen LogP contribution in [-0.2, 0) is 14.8 Å². The van der Waals surface area contributed by atoms with Crippen molar-refractivity contribution in [1.82, 2.24) is 19.9 Å². The molecule has 13 heteroatoms. The Hall–Kier alpha value is -3.00. The lowest BCUT2D eigenvalue weighted by Gasteiger charge is -2.29. The predicted octanol–water partition coefficient (Wildman–Crippen LogP) is 1.21. The van der Waals surface area contributed by atoms with Gasteiger partial charge < -0.3 is 19.5 Å². The van der Waals surface area contributed by atoms with E-state index in [0.29, 0.717) is 29.9 Å². The first kappa shape index (κ1) is 27.0. The van der Waals surface area contributed by atoms with Gasteiger partial charge in [0, 0.05) is 45.6 Å². The Morgan fingerprint density at radius 2 is 1.97 bits per heavy atom. The second kappa shape index (κ2) is 11.2. The number of benzene rings is 1. The van der Waals surface area contributed by atoms with Crippen LogP contribution in [0.5, 0.6) is 17.4 Å². The Kier molecular flexibility index (Phi) is 8.17. The molecule has 0 spiro atoms. The Labute approximate surface area is 223 Å². The van der Waals surface area contributed by atoms with Crippen LogP contribution in [0, 0.1) is 0 Å². The minimum absolute atomic E-state index is 0.0689. The Morgan fingerprint density at radius 3 is 2.57 bits per heavy atom. The molecule has 4 N–H and O–H groups in total. The molecule has 0 bridgehead atoms. The van der Waals surface area contributed by atoms with Crippen LogP contribution in [0.25, 0.3) is 0 Å². The zero-order chi connectivity index (χ0) is 26.6. The van der Waals surface area contributed by atoms with Crippen LogP contribution in [-0.4, -0.2) is 68.9 Å². The molecule has 2 aliphatic rings. The van der Waals surface area contributed by atoms with Gasteiger partial charge in [-0.05, 0) is 53.4 Å². The van der Waals surface area contributed by atoms with Crippen molar-refractivity contribution in [2.24, 2.45) is 0 Å². The highest BCUT2D eigenvalue weighted by Gasteiger charge is 2.46. The van der Waals surface area contributed by atoms with Crippen molar-refractivity contribution < 1.29 is 32.8 Å². The summed E-state index contributed by atoms with van der Waals surface area (Å²) < 4.78 is 44.5. The molecule has 0 atom stereocenters. The minimum Gasteiger partial charge on any atom is -0.485 e. The van der Waals surface area contributed by atoms with Crippen molar-refractivity contribution in [3.8, 4) is 17.4 Å². The number of carbonyl (C=O) groups is 1. The molecule has 2 heterocycles. The first-order valence-corrected chi connectivity index (χ1v) is 13.8. The lowest BCUT2D eigenvalue weighted by molar-refractivity contribution is -0.115. The van der Waals surface area contributed by atoms with Crippen LogP contribution in [0.2, 0.25) is 0 Å². The van der Waals surface area contributed by atoms with E-state index in [4.69, 9.17) is 19.6 Å². The Bertz CT molecular complexity index is 1320. The van der Waals surface area contributed by atoms with Gasteiger partial charge in [-0.1, -0.05) is 0 Å². The van der Waals surface area contributed by atoms with E-state index >= 15 is 0 Å². The number of pyridine rings is 1. The van der Waals surface area contributed by atoms with E-state index in [1.54, 1.807) is 32.5 Å². The Balaban J connectivity index is 1.60. The largest absolute Gasteiger partial charge is 0.485 e. The number of amidine groups is 1. The number of rotatable bonds is 11. The van der Waals surface area contributed by atoms with Crippen molar-refractivity contribution in [1.29, 1.82) is 0 Å². The highest BCUT2D eigenvalue weighted by atomic mass is 79.9. The number of hydrogen-bond donors (Lipinski definition) is 3. The SMILES string of the molecule is CN/C=C\C(=[NH2+])NC(=O)c1cc(Oc2ncc(S(=O)(=O)N3CCC3)cc2Br)cc(OC2(COC)CC2)c1. The molecule has 11 nitrogen and oxygen atoms in total. The number of sulfonamides is 1. The van der Waals surface area contributed by atoms with Crippen LogP contribution >= 0.6 is 15.9 Å². The van der Waals surface area contributed by atoms with Crippen molar-refractivity contribution in [3.05, 3.63) is 52.8 Å². The zero-order valence-corrected chi connectivity index (χ0v) is 22.9. The van der Waals surface area contributed by atoms with Crippen LogP contribution in [0.4, 0.5) is 0 Å². The van der Waals surface area contributed by atoms with Gasteiger partial charge in [-0.15, -0.1) is 0 Å². The second-order valence-corrected chi connectivity index (χ2v) is 11.6. The standard InChI is InChI=1S/C24H28BrN5O6S/c1-27-7-4-21(26)29-22(31)16-10-17(12-18(11-16)36-24(5-6-24)15-34-2)35-23-20(25)13-19(14-28-23)37(32,33)30-8-3-9-30/h4,7,10-14,27H,3,5-6,8-9,15H2,1-2H3,(H2,26,29,31)/p+1/b7-4-. The summed E-state index contributed by atoms with van der Waals surface area (Å²) in [6.07, 6.45) is 6.84. The number of amides is 1. The van der Waals surface area contributed by atoms with Gasteiger partial charge in [0.15, 0.2) is 0 Å². The van der Waals surface area contributed by atoms with Gasteiger partial charge in [-0.25, -0.2) is 23.5 Å². The van der Waals surface area contributed by atoms with Gasteiger partial charge in [-0.3, -0.25) is 5.41 Å². The second-order valence-electron chi connectivity index (χ2n) is 8.76. The molecule has 0 radical (unpaired) electrons. The average molecular weight is 595 g/mol. The number of hydrogen-bond acceptors (Lipinski definition) is 8. The third-order valence-corrected chi connectivity index (χ3v) is 8.26. The molecule has 2 fully saturated rings. The quantitative estimate of drug-likeness (QED) is 0.260. The number of aromatic nitrogens is 1. The maximum absolute atomic E-state index is 12.9. The number of methoxy groups -OCH3 is 1. The van der Waals surface area contributed by atoms with Crippen molar-refractivity contribution in [2.75, 3.05) is 33.9 Å². The van der Waals surface area contributed by atoms with Crippen LogP contribution in [0.3, 0.4) is 0 Å². The molecule has 0 unspecified atom stereocenters. The fraction of sp³-hybridized carbons (Fsp3) is 0.375. The third-order valence-electron chi connectivity index (χ3n) is 5.83. The van der Waals surface area contributed by atoms with Gasteiger partial charge in [0.2, 0.25) is 15.9 Å². The van der Waals surface area contributed by atoms with Gasteiger partial charge in [-0.2, -0.15) is 4.31 Å². The van der Waals surface area contributed by atoms with Crippen molar-refractivity contribution in [3.63, 3.8) is 0 Å². The molecule has 2 aromatic rings. The summed E-state index contributed by atoms with van der Waals surface area (Å²) in [4.78, 5) is 17.2. The van der Waals surface area contributed by atoms with Crippen molar-refractivity contribution >= 4 is 37.7 Å². The van der Waals surface area contributed by atoms with Gasteiger partial charge in [0.25, 0.3) is 5.84 Å². The fourth-order valence-electron chi connectivity index (χ4n) is 3.58. The summed E-state index contributed by atoms with van der Waals surface area (Å²) in [5.41, 5.74) is -0.206. The van der Waals surface area contributed by atoms with Crippen LogP contribution < -0.4 is 25.5 Å². The molecule has 1 aliphatic heterocycles. The lowest BCUT2D eigenvalue weighted by atomic mass is 10.1. The summed E-state index contributed by atoms with van der Waals surface area (Å²) >= 11 is 3.36. The number of nitrogens with two attached hydrogens (primary N) is 1. The molecule has 1 saturated heterocycles. The minimum atomic E-state index is -3.60. The summed E-state index contributed by atoms with van der Waals surface area (Å²) in [6.45, 7) is 1.40. The highest BCUT2D eigenvalue weighted by molar-refractivity contribution is 9.10. The number of carbonyl (C=O) groups excluding carboxylic acids is 1. The van der Waals surface area contributed by atoms with E-state index in [-0.39, 0.29) is 27.9 Å². The van der Waals surface area contributed by atoms with E-state index in [1.807, 2.05) is 0 Å².